The summed E-state index contributed by atoms with van der Waals surface area (Å²) in [5.74, 6) is 0.963. The highest BCUT2D eigenvalue weighted by Crippen LogP contribution is 2.15. The zero-order valence-corrected chi connectivity index (χ0v) is 9.54. The van der Waals surface area contributed by atoms with E-state index < -0.39 is 0 Å². The van der Waals surface area contributed by atoms with Crippen molar-refractivity contribution in [3.05, 3.63) is 27.8 Å². The maximum Gasteiger partial charge on any atom is 0.119 e. The van der Waals surface area contributed by atoms with Gasteiger partial charge >= 0.3 is 0 Å². The molecular formula is C10H13IO. The summed E-state index contributed by atoms with van der Waals surface area (Å²) in [5.41, 5.74) is 0. The van der Waals surface area contributed by atoms with Crippen molar-refractivity contribution in [2.75, 3.05) is 0 Å². The highest BCUT2D eigenvalue weighted by molar-refractivity contribution is 14.1. The van der Waals surface area contributed by atoms with Crippen LogP contribution in [0, 0.1) is 3.57 Å². The molecule has 0 heterocycles. The molecule has 0 aliphatic carbocycles. The zero-order chi connectivity index (χ0) is 8.97. The van der Waals surface area contributed by atoms with E-state index in [1.807, 2.05) is 12.1 Å². The van der Waals surface area contributed by atoms with Crippen LogP contribution in [0.5, 0.6) is 5.75 Å². The number of benzene rings is 1. The molecule has 0 fully saturated rings. The van der Waals surface area contributed by atoms with Gasteiger partial charge in [0, 0.05) is 3.57 Å². The number of halogens is 1. The molecular weight excluding hydrogens is 263 g/mol. The van der Waals surface area contributed by atoms with Gasteiger partial charge in [-0.15, -0.1) is 0 Å². The lowest BCUT2D eigenvalue weighted by atomic mass is 10.3. The third kappa shape index (κ3) is 3.01. The van der Waals surface area contributed by atoms with Crippen molar-refractivity contribution in [2.24, 2.45) is 0 Å². The monoisotopic (exact) mass is 276 g/mol. The number of ether oxygens (including phenoxy) is 1. The minimum absolute atomic E-state index is 0.310. The van der Waals surface area contributed by atoms with Gasteiger partial charge in [-0.25, -0.2) is 0 Å². The van der Waals surface area contributed by atoms with E-state index in [2.05, 4.69) is 48.6 Å². The largest absolute Gasteiger partial charge is 0.491 e. The van der Waals surface area contributed by atoms with Crippen LogP contribution in [0.3, 0.4) is 0 Å². The van der Waals surface area contributed by atoms with Gasteiger partial charge in [0.05, 0.1) is 6.10 Å². The third-order valence-electron chi connectivity index (χ3n) is 1.73. The maximum absolute atomic E-state index is 5.62. The molecule has 12 heavy (non-hydrogen) atoms. The van der Waals surface area contributed by atoms with Crippen molar-refractivity contribution in [2.45, 2.75) is 26.4 Å². The van der Waals surface area contributed by atoms with Crippen molar-refractivity contribution in [1.82, 2.24) is 0 Å². The van der Waals surface area contributed by atoms with Crippen molar-refractivity contribution in [3.8, 4) is 5.75 Å². The SMILES string of the molecule is CC[C@@H](C)Oc1ccc(I)cc1. The molecule has 1 aromatic carbocycles. The smallest absolute Gasteiger partial charge is 0.119 e. The first-order valence-electron chi connectivity index (χ1n) is 4.14. The molecule has 0 aliphatic rings. The Morgan fingerprint density at radius 2 is 1.92 bits per heavy atom. The van der Waals surface area contributed by atoms with Gasteiger partial charge in [-0.2, -0.15) is 0 Å². The van der Waals surface area contributed by atoms with Gasteiger partial charge in [0.25, 0.3) is 0 Å². The molecule has 1 nitrogen and oxygen atoms in total. The maximum atomic E-state index is 5.62. The summed E-state index contributed by atoms with van der Waals surface area (Å²) < 4.78 is 6.86. The second-order valence-electron chi connectivity index (χ2n) is 2.79. The molecule has 66 valence electrons. The van der Waals surface area contributed by atoms with Crippen LogP contribution >= 0.6 is 22.6 Å². The fraction of sp³-hybridized carbons (Fsp3) is 0.400. The summed E-state index contributed by atoms with van der Waals surface area (Å²) in [6.45, 7) is 4.20. The molecule has 0 N–H and O–H groups in total. The lowest BCUT2D eigenvalue weighted by Crippen LogP contribution is -2.09. The zero-order valence-electron chi connectivity index (χ0n) is 7.38. The lowest BCUT2D eigenvalue weighted by Gasteiger charge is -2.11. The first-order chi connectivity index (χ1) is 5.72. The molecule has 0 unspecified atom stereocenters. The van der Waals surface area contributed by atoms with Crippen LogP contribution < -0.4 is 4.74 Å². The standard InChI is InChI=1S/C10H13IO/c1-3-8(2)12-10-6-4-9(11)5-7-10/h4-8H,3H2,1-2H3/t8-/m1/s1. The number of rotatable bonds is 3. The van der Waals surface area contributed by atoms with Gasteiger partial charge in [-0.05, 0) is 60.2 Å². The summed E-state index contributed by atoms with van der Waals surface area (Å²) in [4.78, 5) is 0. The summed E-state index contributed by atoms with van der Waals surface area (Å²) in [7, 11) is 0. The minimum Gasteiger partial charge on any atom is -0.491 e. The highest BCUT2D eigenvalue weighted by Gasteiger charge is 1.99. The Morgan fingerprint density at radius 1 is 1.33 bits per heavy atom. The topological polar surface area (TPSA) is 9.23 Å². The fourth-order valence-corrected chi connectivity index (χ4v) is 1.19. The second kappa shape index (κ2) is 4.70. The normalized spacial score (nSPS) is 12.6. The molecule has 0 aliphatic heterocycles. The Morgan fingerprint density at radius 3 is 2.42 bits per heavy atom. The molecule has 1 aromatic rings. The van der Waals surface area contributed by atoms with Gasteiger partial charge < -0.3 is 4.74 Å². The summed E-state index contributed by atoms with van der Waals surface area (Å²) in [6.07, 6.45) is 1.36. The Labute approximate surface area is 87.3 Å². The van der Waals surface area contributed by atoms with Gasteiger partial charge in [0.2, 0.25) is 0 Å². The van der Waals surface area contributed by atoms with Crippen molar-refractivity contribution in [1.29, 1.82) is 0 Å². The van der Waals surface area contributed by atoms with Gasteiger partial charge in [-0.1, -0.05) is 6.92 Å². The highest BCUT2D eigenvalue weighted by atomic mass is 127. The first kappa shape index (κ1) is 9.84. The predicted octanol–water partition coefficient (Wildman–Crippen LogP) is 3.47. The Hall–Kier alpha value is -0.250. The molecule has 0 radical (unpaired) electrons. The number of hydrogen-bond donors (Lipinski definition) is 0. The van der Waals surface area contributed by atoms with E-state index in [0.717, 1.165) is 12.2 Å². The van der Waals surface area contributed by atoms with Crippen LogP contribution in [-0.4, -0.2) is 6.10 Å². The van der Waals surface area contributed by atoms with E-state index in [1.165, 1.54) is 3.57 Å². The van der Waals surface area contributed by atoms with Gasteiger partial charge in [0.1, 0.15) is 5.75 Å². The fourth-order valence-electron chi connectivity index (χ4n) is 0.829. The quantitative estimate of drug-likeness (QED) is 0.768. The number of hydrogen-bond acceptors (Lipinski definition) is 1. The minimum atomic E-state index is 0.310. The van der Waals surface area contributed by atoms with Gasteiger partial charge in [-0.3, -0.25) is 0 Å². The van der Waals surface area contributed by atoms with E-state index in [1.54, 1.807) is 0 Å². The molecule has 0 bridgehead atoms. The Kier molecular flexibility index (Phi) is 3.85. The van der Waals surface area contributed by atoms with Crippen LogP contribution in [0.4, 0.5) is 0 Å². The van der Waals surface area contributed by atoms with Crippen LogP contribution in [0.15, 0.2) is 24.3 Å². The van der Waals surface area contributed by atoms with Gasteiger partial charge in [0.15, 0.2) is 0 Å². The molecule has 1 atom stereocenters. The van der Waals surface area contributed by atoms with Crippen LogP contribution in [-0.2, 0) is 0 Å². The first-order valence-corrected chi connectivity index (χ1v) is 5.22. The molecule has 2 heteroatoms. The Balaban J connectivity index is 2.58. The molecule has 1 rings (SSSR count). The summed E-state index contributed by atoms with van der Waals surface area (Å²) in [6, 6.07) is 8.12. The molecule has 0 saturated carbocycles. The van der Waals surface area contributed by atoms with Crippen LogP contribution in [0.2, 0.25) is 0 Å². The Bertz CT molecular complexity index is 230. The van der Waals surface area contributed by atoms with Crippen LogP contribution in [0.25, 0.3) is 0 Å². The molecule has 0 spiro atoms. The lowest BCUT2D eigenvalue weighted by molar-refractivity contribution is 0.217. The van der Waals surface area contributed by atoms with Crippen molar-refractivity contribution >= 4 is 22.6 Å². The van der Waals surface area contributed by atoms with E-state index >= 15 is 0 Å². The molecule has 0 amide bonds. The molecule has 0 aromatic heterocycles. The van der Waals surface area contributed by atoms with E-state index in [-0.39, 0.29) is 0 Å². The summed E-state index contributed by atoms with van der Waals surface area (Å²) in [5, 5.41) is 0. The van der Waals surface area contributed by atoms with E-state index in [4.69, 9.17) is 4.74 Å². The van der Waals surface area contributed by atoms with E-state index in [0.29, 0.717) is 6.10 Å². The van der Waals surface area contributed by atoms with E-state index in [9.17, 15) is 0 Å². The molecule has 0 saturated heterocycles. The third-order valence-corrected chi connectivity index (χ3v) is 2.44. The predicted molar refractivity (Wildman–Crippen MR) is 59.5 cm³/mol. The second-order valence-corrected chi connectivity index (χ2v) is 4.04. The van der Waals surface area contributed by atoms with Crippen molar-refractivity contribution < 1.29 is 4.74 Å². The summed E-state index contributed by atoms with van der Waals surface area (Å²) >= 11 is 2.28. The van der Waals surface area contributed by atoms with Crippen LogP contribution in [0.1, 0.15) is 20.3 Å². The average molecular weight is 276 g/mol. The average Bonchev–Trinajstić information content (AvgIpc) is 2.09. The van der Waals surface area contributed by atoms with Crippen molar-refractivity contribution in [3.63, 3.8) is 0 Å².